The van der Waals surface area contributed by atoms with Gasteiger partial charge >= 0.3 is 0 Å². The first kappa shape index (κ1) is 18.2. The molecule has 130 valence electrons. The first-order chi connectivity index (χ1) is 10.9. The largest absolute Gasteiger partial charge is 0.378 e. The molecule has 0 unspecified atom stereocenters. The van der Waals surface area contributed by atoms with Crippen LogP contribution in [0.3, 0.4) is 0 Å². The first-order valence-corrected chi connectivity index (χ1v) is 10.1. The monoisotopic (exact) mass is 339 g/mol. The standard InChI is InChI=1S/C17H29N3O2S/c1-4-13-23(21,22)18-14-17(20-11-5-6-12-20)15-7-9-16(10-8-15)19(2)3/h7-10,17-18H,4-6,11-14H2,1-3H3/t17-/m0/s1. The van der Waals surface area contributed by atoms with Gasteiger partial charge in [-0.25, -0.2) is 13.1 Å². The second-order valence-electron chi connectivity index (χ2n) is 6.41. The van der Waals surface area contributed by atoms with E-state index in [1.165, 1.54) is 18.4 Å². The second-order valence-corrected chi connectivity index (χ2v) is 8.34. The molecular formula is C17H29N3O2S. The van der Waals surface area contributed by atoms with E-state index in [2.05, 4.69) is 38.8 Å². The summed E-state index contributed by atoms with van der Waals surface area (Å²) in [5.74, 6) is 0.194. The predicted octanol–water partition coefficient (Wildman–Crippen LogP) is 2.22. The van der Waals surface area contributed by atoms with Crippen LogP contribution in [-0.2, 0) is 10.0 Å². The number of nitrogens with one attached hydrogen (secondary N) is 1. The third-order valence-corrected chi connectivity index (χ3v) is 5.90. The molecule has 1 saturated heterocycles. The highest BCUT2D eigenvalue weighted by Gasteiger charge is 2.25. The molecule has 1 atom stereocenters. The van der Waals surface area contributed by atoms with Gasteiger partial charge in [0, 0.05) is 32.4 Å². The summed E-state index contributed by atoms with van der Waals surface area (Å²) in [6.45, 7) is 4.41. The van der Waals surface area contributed by atoms with Crippen LogP contribution in [0.15, 0.2) is 24.3 Å². The lowest BCUT2D eigenvalue weighted by molar-refractivity contribution is 0.246. The van der Waals surface area contributed by atoms with Crippen LogP contribution in [0.25, 0.3) is 0 Å². The smallest absolute Gasteiger partial charge is 0.211 e. The molecule has 1 aliphatic rings. The Kier molecular flexibility index (Phi) is 6.44. The number of anilines is 1. The molecule has 23 heavy (non-hydrogen) atoms. The third-order valence-electron chi connectivity index (χ3n) is 4.35. The Morgan fingerprint density at radius 1 is 1.17 bits per heavy atom. The number of nitrogens with zero attached hydrogens (tertiary/aromatic N) is 2. The maximum atomic E-state index is 12.0. The Hall–Kier alpha value is -1.11. The lowest BCUT2D eigenvalue weighted by Gasteiger charge is -2.28. The van der Waals surface area contributed by atoms with E-state index in [0.717, 1.165) is 18.8 Å². The molecule has 5 nitrogen and oxygen atoms in total. The van der Waals surface area contributed by atoms with Crippen molar-refractivity contribution in [3.05, 3.63) is 29.8 Å². The van der Waals surface area contributed by atoms with Gasteiger partial charge in [0.15, 0.2) is 0 Å². The topological polar surface area (TPSA) is 52.7 Å². The van der Waals surface area contributed by atoms with Crippen molar-refractivity contribution in [2.45, 2.75) is 32.2 Å². The quantitative estimate of drug-likeness (QED) is 0.789. The SMILES string of the molecule is CCCS(=O)(=O)NC[C@@H](c1ccc(N(C)C)cc1)N1CCCC1. The van der Waals surface area contributed by atoms with Gasteiger partial charge in [0.05, 0.1) is 5.75 Å². The van der Waals surface area contributed by atoms with Gasteiger partial charge in [0.25, 0.3) is 0 Å². The first-order valence-electron chi connectivity index (χ1n) is 8.41. The molecule has 0 saturated carbocycles. The van der Waals surface area contributed by atoms with Gasteiger partial charge in [-0.05, 0) is 50.0 Å². The van der Waals surface area contributed by atoms with Gasteiger partial charge in [-0.1, -0.05) is 19.1 Å². The summed E-state index contributed by atoms with van der Waals surface area (Å²) in [5.41, 5.74) is 2.33. The number of sulfonamides is 1. The van der Waals surface area contributed by atoms with Crippen molar-refractivity contribution in [1.82, 2.24) is 9.62 Å². The van der Waals surface area contributed by atoms with Crippen LogP contribution in [0.1, 0.15) is 37.8 Å². The number of benzene rings is 1. The van der Waals surface area contributed by atoms with Gasteiger partial charge in [-0.3, -0.25) is 4.90 Å². The van der Waals surface area contributed by atoms with Gasteiger partial charge in [0.2, 0.25) is 10.0 Å². The Labute approximate surface area is 140 Å². The molecule has 1 heterocycles. The van der Waals surface area contributed by atoms with Crippen molar-refractivity contribution < 1.29 is 8.42 Å². The van der Waals surface area contributed by atoms with Crippen LogP contribution in [0.4, 0.5) is 5.69 Å². The van der Waals surface area contributed by atoms with E-state index in [4.69, 9.17) is 0 Å². The zero-order chi connectivity index (χ0) is 16.9. The van der Waals surface area contributed by atoms with Crippen molar-refractivity contribution in [3.8, 4) is 0 Å². The van der Waals surface area contributed by atoms with Crippen molar-refractivity contribution in [2.75, 3.05) is 44.4 Å². The van der Waals surface area contributed by atoms with Gasteiger partial charge in [0.1, 0.15) is 0 Å². The highest BCUT2D eigenvalue weighted by Crippen LogP contribution is 2.26. The van der Waals surface area contributed by atoms with Crippen LogP contribution in [-0.4, -0.2) is 52.8 Å². The Balaban J connectivity index is 2.13. The molecular weight excluding hydrogens is 310 g/mol. The fourth-order valence-electron chi connectivity index (χ4n) is 3.05. The number of hydrogen-bond donors (Lipinski definition) is 1. The van der Waals surface area contributed by atoms with E-state index in [0.29, 0.717) is 13.0 Å². The minimum Gasteiger partial charge on any atom is -0.378 e. The highest BCUT2D eigenvalue weighted by molar-refractivity contribution is 7.89. The van der Waals surface area contributed by atoms with Crippen LogP contribution < -0.4 is 9.62 Å². The van der Waals surface area contributed by atoms with Gasteiger partial charge < -0.3 is 4.90 Å². The lowest BCUT2D eigenvalue weighted by Crippen LogP contribution is -2.37. The minimum absolute atomic E-state index is 0.111. The molecule has 1 aromatic carbocycles. The van der Waals surface area contributed by atoms with Crippen molar-refractivity contribution in [3.63, 3.8) is 0 Å². The number of likely N-dealkylation sites (tertiary alicyclic amines) is 1. The average Bonchev–Trinajstić information content (AvgIpc) is 3.02. The van der Waals surface area contributed by atoms with E-state index in [1.807, 2.05) is 21.0 Å². The molecule has 1 aliphatic heterocycles. The molecule has 0 radical (unpaired) electrons. The fraction of sp³-hybridized carbons (Fsp3) is 0.647. The zero-order valence-corrected chi connectivity index (χ0v) is 15.3. The molecule has 0 bridgehead atoms. The van der Waals surface area contributed by atoms with E-state index < -0.39 is 10.0 Å². The number of hydrogen-bond acceptors (Lipinski definition) is 4. The van der Waals surface area contributed by atoms with Gasteiger partial charge in [-0.2, -0.15) is 0 Å². The Morgan fingerprint density at radius 2 is 1.78 bits per heavy atom. The summed E-state index contributed by atoms with van der Waals surface area (Å²) in [5, 5.41) is 0. The average molecular weight is 340 g/mol. The van der Waals surface area contributed by atoms with Crippen LogP contribution in [0.5, 0.6) is 0 Å². The summed E-state index contributed by atoms with van der Waals surface area (Å²) < 4.78 is 26.8. The van der Waals surface area contributed by atoms with Crippen molar-refractivity contribution in [1.29, 1.82) is 0 Å². The molecule has 0 spiro atoms. The summed E-state index contributed by atoms with van der Waals surface area (Å²) in [7, 11) is 0.869. The Morgan fingerprint density at radius 3 is 2.30 bits per heavy atom. The second kappa shape index (κ2) is 8.13. The molecule has 2 rings (SSSR count). The predicted molar refractivity (Wildman–Crippen MR) is 96.4 cm³/mol. The minimum atomic E-state index is -3.17. The Bertz CT molecular complexity index is 578. The maximum absolute atomic E-state index is 12.0. The highest BCUT2D eigenvalue weighted by atomic mass is 32.2. The van der Waals surface area contributed by atoms with E-state index in [1.54, 1.807) is 0 Å². The molecule has 6 heteroatoms. The molecule has 0 aliphatic carbocycles. The van der Waals surface area contributed by atoms with Gasteiger partial charge in [-0.15, -0.1) is 0 Å². The molecule has 0 aromatic heterocycles. The number of rotatable bonds is 8. The van der Waals surface area contributed by atoms with Crippen LogP contribution in [0.2, 0.25) is 0 Å². The summed E-state index contributed by atoms with van der Waals surface area (Å²) in [4.78, 5) is 4.46. The summed E-state index contributed by atoms with van der Waals surface area (Å²) in [6.07, 6.45) is 3.02. The zero-order valence-electron chi connectivity index (χ0n) is 14.5. The summed E-state index contributed by atoms with van der Waals surface area (Å²) in [6, 6.07) is 8.54. The maximum Gasteiger partial charge on any atom is 0.211 e. The third kappa shape index (κ3) is 5.19. The molecule has 1 N–H and O–H groups in total. The summed E-state index contributed by atoms with van der Waals surface area (Å²) >= 11 is 0. The van der Waals surface area contributed by atoms with E-state index in [9.17, 15) is 8.42 Å². The molecule has 1 aromatic rings. The van der Waals surface area contributed by atoms with E-state index in [-0.39, 0.29) is 11.8 Å². The molecule has 0 amide bonds. The lowest BCUT2D eigenvalue weighted by atomic mass is 10.1. The van der Waals surface area contributed by atoms with Crippen molar-refractivity contribution >= 4 is 15.7 Å². The van der Waals surface area contributed by atoms with Crippen LogP contribution >= 0.6 is 0 Å². The fourth-order valence-corrected chi connectivity index (χ4v) is 4.15. The molecule has 1 fully saturated rings. The van der Waals surface area contributed by atoms with E-state index >= 15 is 0 Å². The van der Waals surface area contributed by atoms with Crippen LogP contribution in [0, 0.1) is 0 Å². The van der Waals surface area contributed by atoms with Crippen molar-refractivity contribution in [2.24, 2.45) is 0 Å². The normalized spacial score (nSPS) is 17.3.